The predicted octanol–water partition coefficient (Wildman–Crippen LogP) is 1.95. The second-order valence-electron chi connectivity index (χ2n) is 5.54. The lowest BCUT2D eigenvalue weighted by atomic mass is 10.2. The SMILES string of the molecule is COCc1cc(NCCCNC(=O)OC(C)(C)C)ncn1. The molecular weight excluding hydrogens is 272 g/mol. The zero-order valence-corrected chi connectivity index (χ0v) is 13.1. The fourth-order valence-corrected chi connectivity index (χ4v) is 1.53. The normalized spacial score (nSPS) is 11.0. The standard InChI is InChI=1S/C14H24N4O3/c1-14(2,3)21-13(19)16-7-5-6-15-12-8-11(9-20-4)17-10-18-12/h8,10H,5-7,9H2,1-4H3,(H,16,19)(H,15,17,18). The number of nitrogens with zero attached hydrogens (tertiary/aromatic N) is 2. The number of hydrogen-bond donors (Lipinski definition) is 2. The Bertz CT molecular complexity index is 446. The molecule has 1 aromatic rings. The lowest BCUT2D eigenvalue weighted by molar-refractivity contribution is 0.0528. The van der Waals surface area contributed by atoms with Crippen molar-refractivity contribution in [1.29, 1.82) is 0 Å². The fourth-order valence-electron chi connectivity index (χ4n) is 1.53. The van der Waals surface area contributed by atoms with Gasteiger partial charge in [-0.2, -0.15) is 0 Å². The molecule has 7 heteroatoms. The molecule has 0 spiro atoms. The lowest BCUT2D eigenvalue weighted by Gasteiger charge is -2.19. The molecule has 0 bridgehead atoms. The summed E-state index contributed by atoms with van der Waals surface area (Å²) < 4.78 is 10.2. The van der Waals surface area contributed by atoms with E-state index < -0.39 is 11.7 Å². The number of anilines is 1. The van der Waals surface area contributed by atoms with E-state index in [9.17, 15) is 4.79 Å². The molecule has 0 aliphatic carbocycles. The summed E-state index contributed by atoms with van der Waals surface area (Å²) in [6.07, 6.45) is 1.87. The minimum atomic E-state index is -0.471. The Hall–Kier alpha value is -1.89. The monoisotopic (exact) mass is 296 g/mol. The molecule has 0 unspecified atom stereocenters. The Morgan fingerprint density at radius 3 is 2.71 bits per heavy atom. The first-order valence-electron chi connectivity index (χ1n) is 6.91. The molecule has 0 saturated carbocycles. The molecule has 2 N–H and O–H groups in total. The van der Waals surface area contributed by atoms with Crippen molar-refractivity contribution in [3.05, 3.63) is 18.1 Å². The van der Waals surface area contributed by atoms with E-state index in [1.807, 2.05) is 26.8 Å². The quantitative estimate of drug-likeness (QED) is 0.748. The summed E-state index contributed by atoms with van der Waals surface area (Å²) in [5.74, 6) is 0.745. The van der Waals surface area contributed by atoms with Gasteiger partial charge in [0.1, 0.15) is 17.7 Å². The van der Waals surface area contributed by atoms with Gasteiger partial charge in [-0.15, -0.1) is 0 Å². The molecule has 1 amide bonds. The van der Waals surface area contributed by atoms with Crippen LogP contribution in [0.3, 0.4) is 0 Å². The maximum absolute atomic E-state index is 11.4. The number of ether oxygens (including phenoxy) is 2. The van der Waals surface area contributed by atoms with E-state index in [2.05, 4.69) is 20.6 Å². The summed E-state index contributed by atoms with van der Waals surface area (Å²) in [5.41, 5.74) is 0.350. The van der Waals surface area contributed by atoms with Crippen LogP contribution >= 0.6 is 0 Å². The van der Waals surface area contributed by atoms with E-state index in [-0.39, 0.29) is 0 Å². The van der Waals surface area contributed by atoms with Crippen LogP contribution in [0.15, 0.2) is 12.4 Å². The van der Waals surface area contributed by atoms with Crippen LogP contribution in [0.1, 0.15) is 32.9 Å². The average molecular weight is 296 g/mol. The Kier molecular flexibility index (Phi) is 6.87. The zero-order valence-electron chi connectivity index (χ0n) is 13.1. The van der Waals surface area contributed by atoms with Gasteiger partial charge in [0.15, 0.2) is 0 Å². The molecule has 7 nitrogen and oxygen atoms in total. The highest BCUT2D eigenvalue weighted by Gasteiger charge is 2.15. The molecule has 1 heterocycles. The number of nitrogens with one attached hydrogen (secondary N) is 2. The summed E-state index contributed by atoms with van der Waals surface area (Å²) in [6.45, 7) is 7.19. The summed E-state index contributed by atoms with van der Waals surface area (Å²) in [4.78, 5) is 19.6. The smallest absolute Gasteiger partial charge is 0.407 e. The largest absolute Gasteiger partial charge is 0.444 e. The average Bonchev–Trinajstić information content (AvgIpc) is 2.37. The third kappa shape index (κ3) is 8.09. The second-order valence-corrected chi connectivity index (χ2v) is 5.54. The molecule has 0 aliphatic heterocycles. The van der Waals surface area contributed by atoms with E-state index in [0.717, 1.165) is 17.9 Å². The minimum absolute atomic E-state index is 0.396. The highest BCUT2D eigenvalue weighted by atomic mass is 16.6. The number of alkyl carbamates (subject to hydrolysis) is 1. The van der Waals surface area contributed by atoms with Gasteiger partial charge < -0.3 is 20.1 Å². The van der Waals surface area contributed by atoms with Crippen molar-refractivity contribution in [3.63, 3.8) is 0 Å². The van der Waals surface area contributed by atoms with Crippen LogP contribution < -0.4 is 10.6 Å². The van der Waals surface area contributed by atoms with Crippen LogP contribution in [-0.4, -0.2) is 41.9 Å². The maximum Gasteiger partial charge on any atom is 0.407 e. The molecule has 1 aromatic heterocycles. The van der Waals surface area contributed by atoms with Gasteiger partial charge >= 0.3 is 6.09 Å². The van der Waals surface area contributed by atoms with Gasteiger partial charge in [-0.1, -0.05) is 0 Å². The van der Waals surface area contributed by atoms with E-state index in [4.69, 9.17) is 9.47 Å². The molecule has 1 rings (SSSR count). The second kappa shape index (κ2) is 8.41. The summed E-state index contributed by atoms with van der Waals surface area (Å²) >= 11 is 0. The van der Waals surface area contributed by atoms with E-state index in [1.165, 1.54) is 6.33 Å². The van der Waals surface area contributed by atoms with Crippen molar-refractivity contribution >= 4 is 11.9 Å². The Labute approximate surface area is 125 Å². The van der Waals surface area contributed by atoms with Crippen LogP contribution in [-0.2, 0) is 16.1 Å². The number of aromatic nitrogens is 2. The molecular formula is C14H24N4O3. The van der Waals surface area contributed by atoms with Gasteiger partial charge in [-0.25, -0.2) is 14.8 Å². The Morgan fingerprint density at radius 2 is 2.05 bits per heavy atom. The number of rotatable bonds is 7. The van der Waals surface area contributed by atoms with Crippen LogP contribution in [0.5, 0.6) is 0 Å². The van der Waals surface area contributed by atoms with Crippen LogP contribution in [0.2, 0.25) is 0 Å². The molecule has 0 radical (unpaired) electrons. The zero-order chi connectivity index (χ0) is 15.7. The summed E-state index contributed by atoms with van der Waals surface area (Å²) in [6, 6.07) is 1.84. The molecule has 0 saturated heterocycles. The fraction of sp³-hybridized carbons (Fsp3) is 0.643. The number of carbonyl (C=O) groups excluding carboxylic acids is 1. The molecule has 0 aliphatic rings. The van der Waals surface area contributed by atoms with Gasteiger partial charge in [0.2, 0.25) is 0 Å². The van der Waals surface area contributed by atoms with Crippen molar-refractivity contribution in [2.45, 2.75) is 39.4 Å². The summed E-state index contributed by atoms with van der Waals surface area (Å²) in [5, 5.41) is 5.87. The highest BCUT2D eigenvalue weighted by molar-refractivity contribution is 5.67. The third-order valence-corrected chi connectivity index (χ3v) is 2.34. The van der Waals surface area contributed by atoms with Crippen molar-refractivity contribution in [2.24, 2.45) is 0 Å². The first-order valence-corrected chi connectivity index (χ1v) is 6.91. The first kappa shape index (κ1) is 17.2. The lowest BCUT2D eigenvalue weighted by Crippen LogP contribution is -2.33. The maximum atomic E-state index is 11.4. The van der Waals surface area contributed by atoms with Gasteiger partial charge in [0, 0.05) is 26.3 Å². The van der Waals surface area contributed by atoms with Gasteiger partial charge in [-0.3, -0.25) is 0 Å². The molecule has 21 heavy (non-hydrogen) atoms. The van der Waals surface area contributed by atoms with Gasteiger partial charge in [-0.05, 0) is 27.2 Å². The first-order chi connectivity index (χ1) is 9.90. The molecule has 118 valence electrons. The Morgan fingerprint density at radius 1 is 1.29 bits per heavy atom. The van der Waals surface area contributed by atoms with Crippen molar-refractivity contribution in [1.82, 2.24) is 15.3 Å². The number of methoxy groups -OCH3 is 1. The van der Waals surface area contributed by atoms with Crippen molar-refractivity contribution in [2.75, 3.05) is 25.5 Å². The Balaban J connectivity index is 2.19. The van der Waals surface area contributed by atoms with E-state index in [1.54, 1.807) is 7.11 Å². The number of carbonyl (C=O) groups is 1. The van der Waals surface area contributed by atoms with Gasteiger partial charge in [0.25, 0.3) is 0 Å². The van der Waals surface area contributed by atoms with Crippen LogP contribution in [0.4, 0.5) is 10.6 Å². The molecule has 0 atom stereocenters. The van der Waals surface area contributed by atoms with Crippen molar-refractivity contribution in [3.8, 4) is 0 Å². The van der Waals surface area contributed by atoms with Crippen LogP contribution in [0, 0.1) is 0 Å². The molecule has 0 fully saturated rings. The number of hydrogen-bond acceptors (Lipinski definition) is 6. The topological polar surface area (TPSA) is 85.4 Å². The minimum Gasteiger partial charge on any atom is -0.444 e. The number of amides is 1. The van der Waals surface area contributed by atoms with E-state index >= 15 is 0 Å². The van der Waals surface area contributed by atoms with Gasteiger partial charge in [0.05, 0.1) is 12.3 Å². The summed E-state index contributed by atoms with van der Waals surface area (Å²) in [7, 11) is 1.62. The van der Waals surface area contributed by atoms with Crippen LogP contribution in [0.25, 0.3) is 0 Å². The van der Waals surface area contributed by atoms with Crippen molar-refractivity contribution < 1.29 is 14.3 Å². The third-order valence-electron chi connectivity index (χ3n) is 2.34. The predicted molar refractivity (Wildman–Crippen MR) is 80.1 cm³/mol. The highest BCUT2D eigenvalue weighted by Crippen LogP contribution is 2.06. The van der Waals surface area contributed by atoms with E-state index in [0.29, 0.717) is 19.7 Å². The molecule has 0 aromatic carbocycles.